The zero-order chi connectivity index (χ0) is 37.6. The van der Waals surface area contributed by atoms with Crippen LogP contribution in [-0.2, 0) is 42.8 Å². The Labute approximate surface area is 291 Å². The number of benzene rings is 2. The Morgan fingerprint density at radius 2 is 1.56 bits per heavy atom. The number of likely N-dealkylation sites (tertiary alicyclic amines) is 1. The molecule has 50 heavy (non-hydrogen) atoms. The van der Waals surface area contributed by atoms with E-state index in [1.54, 1.807) is 45.0 Å². The zero-order valence-electron chi connectivity index (χ0n) is 28.1. The van der Waals surface area contributed by atoms with Crippen molar-refractivity contribution >= 4 is 41.2 Å². The van der Waals surface area contributed by atoms with Crippen LogP contribution in [0.2, 0.25) is 5.02 Å². The topological polar surface area (TPSA) is 134 Å². The summed E-state index contributed by atoms with van der Waals surface area (Å²) in [4.78, 5) is 65.3. The molecular formula is C34H40ClF5N4O6. The molecule has 2 aromatic rings. The Balaban J connectivity index is 1.86. The molecule has 1 heterocycles. The summed E-state index contributed by atoms with van der Waals surface area (Å²) in [5.41, 5.74) is -0.409. The third-order valence-electron chi connectivity index (χ3n) is 7.74. The van der Waals surface area contributed by atoms with E-state index in [9.17, 15) is 37.1 Å². The number of amides is 4. The van der Waals surface area contributed by atoms with E-state index in [1.807, 2.05) is 0 Å². The third kappa shape index (κ3) is 10.9. The van der Waals surface area contributed by atoms with Crippen molar-refractivity contribution < 1.29 is 50.7 Å². The first-order chi connectivity index (χ1) is 23.1. The fourth-order valence-electron chi connectivity index (χ4n) is 5.25. The van der Waals surface area contributed by atoms with E-state index in [4.69, 9.17) is 16.3 Å². The van der Waals surface area contributed by atoms with Gasteiger partial charge in [-0.15, -0.1) is 0 Å². The number of nitrogens with zero attached hydrogens (tertiary/aromatic N) is 1. The number of rotatable bonds is 12. The van der Waals surface area contributed by atoms with Crippen LogP contribution in [0.1, 0.15) is 64.2 Å². The molecule has 2 aromatic carbocycles. The predicted molar refractivity (Wildman–Crippen MR) is 173 cm³/mol. The van der Waals surface area contributed by atoms with Crippen molar-refractivity contribution in [3.63, 3.8) is 0 Å². The molecule has 0 spiro atoms. The van der Waals surface area contributed by atoms with Gasteiger partial charge in [0.25, 0.3) is 11.7 Å². The largest absolute Gasteiger partial charge is 0.452 e. The van der Waals surface area contributed by atoms with Crippen LogP contribution < -0.4 is 16.0 Å². The molecule has 3 rings (SSSR count). The van der Waals surface area contributed by atoms with Crippen molar-refractivity contribution in [1.29, 1.82) is 0 Å². The molecule has 0 aliphatic carbocycles. The first-order valence-electron chi connectivity index (χ1n) is 15.8. The lowest BCUT2D eigenvalue weighted by molar-refractivity contribution is -0.175. The van der Waals surface area contributed by atoms with Crippen molar-refractivity contribution in [2.45, 2.75) is 96.3 Å². The monoisotopic (exact) mass is 730 g/mol. The quantitative estimate of drug-likeness (QED) is 0.249. The van der Waals surface area contributed by atoms with Crippen molar-refractivity contribution in [1.82, 2.24) is 20.9 Å². The Hall–Kier alpha value is -4.27. The summed E-state index contributed by atoms with van der Waals surface area (Å²) in [6.07, 6.45) is -5.94. The van der Waals surface area contributed by atoms with Crippen LogP contribution in [0.4, 0.5) is 26.7 Å². The first-order valence-corrected chi connectivity index (χ1v) is 16.2. The number of carbonyl (C=O) groups excluding carboxylic acids is 5. The molecule has 4 amide bonds. The second kappa shape index (κ2) is 16.2. The molecule has 274 valence electrons. The van der Waals surface area contributed by atoms with Gasteiger partial charge in [-0.3, -0.25) is 19.2 Å². The Morgan fingerprint density at radius 1 is 0.940 bits per heavy atom. The van der Waals surface area contributed by atoms with Crippen LogP contribution in [0.3, 0.4) is 0 Å². The van der Waals surface area contributed by atoms with E-state index in [0.717, 1.165) is 17.0 Å². The van der Waals surface area contributed by atoms with Crippen LogP contribution >= 0.6 is 11.6 Å². The summed E-state index contributed by atoms with van der Waals surface area (Å²) in [5.74, 6) is -11.0. The van der Waals surface area contributed by atoms with Gasteiger partial charge in [0.2, 0.25) is 11.8 Å². The summed E-state index contributed by atoms with van der Waals surface area (Å²) in [5, 5.41) is 6.74. The first kappa shape index (κ1) is 40.2. The van der Waals surface area contributed by atoms with Gasteiger partial charge in [-0.2, -0.15) is 22.0 Å². The van der Waals surface area contributed by atoms with Crippen LogP contribution in [-0.4, -0.2) is 70.9 Å². The molecule has 1 unspecified atom stereocenters. The molecule has 1 aliphatic heterocycles. The number of hydrogen-bond acceptors (Lipinski definition) is 6. The highest BCUT2D eigenvalue weighted by Gasteiger charge is 2.47. The number of ketones is 1. The number of alkyl carbamates (subject to hydrolysis) is 1. The van der Waals surface area contributed by atoms with Gasteiger partial charge >= 0.3 is 18.2 Å². The minimum atomic E-state index is -5.22. The highest BCUT2D eigenvalue weighted by molar-refractivity contribution is 6.30. The summed E-state index contributed by atoms with van der Waals surface area (Å²) < 4.78 is 75.6. The molecule has 16 heteroatoms. The van der Waals surface area contributed by atoms with E-state index in [1.165, 1.54) is 26.0 Å². The van der Waals surface area contributed by atoms with Crippen molar-refractivity contribution in [3.8, 4) is 0 Å². The van der Waals surface area contributed by atoms with E-state index < -0.39 is 76.9 Å². The smallest absolute Gasteiger partial charge is 0.444 e. The zero-order valence-corrected chi connectivity index (χ0v) is 28.9. The highest BCUT2D eigenvalue weighted by Crippen LogP contribution is 2.31. The normalized spacial score (nSPS) is 16.4. The number of ether oxygens (including phenoxy) is 1. The Bertz CT molecular complexity index is 1560. The van der Waals surface area contributed by atoms with Gasteiger partial charge in [-0.25, -0.2) is 4.79 Å². The lowest BCUT2D eigenvalue weighted by Gasteiger charge is -2.31. The second-order valence-electron chi connectivity index (χ2n) is 13.3. The van der Waals surface area contributed by atoms with Crippen molar-refractivity contribution in [2.75, 3.05) is 6.54 Å². The molecule has 3 N–H and O–H groups in total. The molecule has 1 saturated heterocycles. The lowest BCUT2D eigenvalue weighted by Crippen LogP contribution is -2.58. The minimum Gasteiger partial charge on any atom is -0.444 e. The second-order valence-corrected chi connectivity index (χ2v) is 13.7. The van der Waals surface area contributed by atoms with Gasteiger partial charge in [0.1, 0.15) is 17.7 Å². The fourth-order valence-corrected chi connectivity index (χ4v) is 5.44. The molecule has 0 radical (unpaired) electrons. The molecule has 1 fully saturated rings. The van der Waals surface area contributed by atoms with Crippen LogP contribution in [0.5, 0.6) is 0 Å². The highest BCUT2D eigenvalue weighted by atomic mass is 35.5. The van der Waals surface area contributed by atoms with Crippen LogP contribution in [0.25, 0.3) is 0 Å². The van der Waals surface area contributed by atoms with Gasteiger partial charge in [0.15, 0.2) is 0 Å². The predicted octanol–water partition coefficient (Wildman–Crippen LogP) is 5.45. The van der Waals surface area contributed by atoms with E-state index in [0.29, 0.717) is 11.1 Å². The molecule has 3 atom stereocenters. The maximum Gasteiger partial charge on any atom is 0.452 e. The number of hydrogen-bond donors (Lipinski definition) is 3. The Morgan fingerprint density at radius 3 is 2.12 bits per heavy atom. The molecule has 0 saturated carbocycles. The average Bonchev–Trinajstić information content (AvgIpc) is 3.51. The molecule has 0 aromatic heterocycles. The molecule has 10 nitrogen and oxygen atoms in total. The van der Waals surface area contributed by atoms with Gasteiger partial charge in [0, 0.05) is 30.1 Å². The van der Waals surface area contributed by atoms with Gasteiger partial charge in [-0.1, -0.05) is 61.8 Å². The standard InChI is InChI=1S/C34H40ClF5N4O6/c1-19(2)26(27(45)34(38,39)40)43-28(46)25-10-7-15-44(25)29(47)24(42-30(48)33(36,37)22-8-6-9-23(35)17-22)16-20-11-13-21(14-12-20)18-41-31(49)50-32(3,4)5/h6,8-9,11-14,17,19,24-26H,7,10,15-16,18H2,1-5H3,(H,41,49)(H,42,48)(H,43,46)/t24-,25-,26?/m0/s1. The van der Waals surface area contributed by atoms with Crippen molar-refractivity contribution in [2.24, 2.45) is 5.92 Å². The number of nitrogens with one attached hydrogen (secondary N) is 3. The number of halogens is 6. The summed E-state index contributed by atoms with van der Waals surface area (Å²) in [6, 6.07) is 5.86. The van der Waals surface area contributed by atoms with E-state index in [2.05, 4.69) is 16.0 Å². The Kier molecular flexibility index (Phi) is 13.0. The number of carbonyl (C=O) groups is 5. The average molecular weight is 731 g/mol. The maximum absolute atomic E-state index is 15.3. The summed E-state index contributed by atoms with van der Waals surface area (Å²) in [6.45, 7) is 7.76. The lowest BCUT2D eigenvalue weighted by atomic mass is 9.98. The van der Waals surface area contributed by atoms with Crippen LogP contribution in [0, 0.1) is 5.92 Å². The molecule has 1 aliphatic rings. The summed E-state index contributed by atoms with van der Waals surface area (Å²) >= 11 is 5.85. The van der Waals surface area contributed by atoms with Gasteiger partial charge in [-0.05, 0) is 62.8 Å². The number of Topliss-reactive ketones (excluding diaryl/α,β-unsaturated/α-hetero) is 1. The van der Waals surface area contributed by atoms with Crippen LogP contribution in [0.15, 0.2) is 48.5 Å². The maximum atomic E-state index is 15.3. The number of alkyl halides is 5. The summed E-state index contributed by atoms with van der Waals surface area (Å²) in [7, 11) is 0. The fraction of sp³-hybridized carbons (Fsp3) is 0.500. The molecule has 0 bridgehead atoms. The minimum absolute atomic E-state index is 0.0152. The van der Waals surface area contributed by atoms with Gasteiger partial charge < -0.3 is 25.6 Å². The SMILES string of the molecule is CC(C)C(NC(=O)[C@@H]1CCCN1C(=O)[C@H](Cc1ccc(CNC(=O)OC(C)(C)C)cc1)NC(=O)C(F)(F)c1cccc(Cl)c1)C(=O)C(F)(F)F. The van der Waals surface area contributed by atoms with E-state index in [-0.39, 0.29) is 37.4 Å². The van der Waals surface area contributed by atoms with Crippen molar-refractivity contribution in [3.05, 3.63) is 70.2 Å². The third-order valence-corrected chi connectivity index (χ3v) is 7.97. The van der Waals surface area contributed by atoms with E-state index >= 15 is 8.78 Å². The van der Waals surface area contributed by atoms with Gasteiger partial charge in [0.05, 0.1) is 6.04 Å². The molecular weight excluding hydrogens is 691 g/mol.